The van der Waals surface area contributed by atoms with E-state index >= 15 is 0 Å². The van der Waals surface area contributed by atoms with E-state index in [1.807, 2.05) is 6.92 Å². The van der Waals surface area contributed by atoms with Crippen LogP contribution in [0.1, 0.15) is 20.8 Å². The molecule has 0 amide bonds. The first-order valence-electron chi connectivity index (χ1n) is 3.33. The summed E-state index contributed by atoms with van der Waals surface area (Å²) < 4.78 is 26.4. The maximum absolute atomic E-state index is 10.6. The molecule has 0 N–H and O–H groups in total. The summed E-state index contributed by atoms with van der Waals surface area (Å²) in [6.45, 7) is 5.68. The predicted octanol–water partition coefficient (Wildman–Crippen LogP) is 1.37. The second-order valence-electron chi connectivity index (χ2n) is 2.88. The van der Waals surface area contributed by atoms with Crippen molar-refractivity contribution in [1.29, 1.82) is 0 Å². The van der Waals surface area contributed by atoms with Crippen LogP contribution in [0, 0.1) is 0 Å². The number of hydrogen-bond donors (Lipinski definition) is 0. The van der Waals surface area contributed by atoms with Crippen molar-refractivity contribution >= 4 is 19.7 Å². The molecule has 0 aromatic heterocycles. The standard InChI is InChI=1S/C6H13ClO3S/c1-4-10-6(2,3)5-11(7,8)9/h4-5H2,1-3H3. The van der Waals surface area contributed by atoms with Crippen molar-refractivity contribution in [3.63, 3.8) is 0 Å². The first-order chi connectivity index (χ1) is 4.77. The van der Waals surface area contributed by atoms with E-state index in [4.69, 9.17) is 15.4 Å². The Bertz CT molecular complexity index is 208. The van der Waals surface area contributed by atoms with Crippen LogP contribution in [0.25, 0.3) is 0 Å². The molecule has 0 fully saturated rings. The summed E-state index contributed by atoms with van der Waals surface area (Å²) in [5, 5.41) is 0. The fourth-order valence-corrected chi connectivity index (χ4v) is 2.55. The third-order valence-electron chi connectivity index (χ3n) is 1.06. The van der Waals surface area contributed by atoms with E-state index in [1.165, 1.54) is 0 Å². The Labute approximate surface area is 72.1 Å². The summed E-state index contributed by atoms with van der Waals surface area (Å²) in [6, 6.07) is 0. The average Bonchev–Trinajstić information content (AvgIpc) is 1.55. The van der Waals surface area contributed by atoms with Gasteiger partial charge in [-0.2, -0.15) is 0 Å². The van der Waals surface area contributed by atoms with Gasteiger partial charge in [-0.25, -0.2) is 8.42 Å². The molecule has 0 aliphatic heterocycles. The van der Waals surface area contributed by atoms with Gasteiger partial charge in [-0.3, -0.25) is 0 Å². The summed E-state index contributed by atoms with van der Waals surface area (Å²) >= 11 is 0. The maximum atomic E-state index is 10.6. The molecule has 11 heavy (non-hydrogen) atoms. The summed E-state index contributed by atoms with van der Waals surface area (Å²) in [5.74, 6) is -0.157. The highest BCUT2D eigenvalue weighted by atomic mass is 35.7. The summed E-state index contributed by atoms with van der Waals surface area (Å²) in [7, 11) is 1.59. The quantitative estimate of drug-likeness (QED) is 0.644. The Morgan fingerprint density at radius 1 is 1.45 bits per heavy atom. The Balaban J connectivity index is 4.13. The van der Waals surface area contributed by atoms with Crippen LogP contribution >= 0.6 is 10.7 Å². The minimum absolute atomic E-state index is 0.157. The molecule has 0 aliphatic rings. The zero-order valence-corrected chi connectivity index (χ0v) is 8.50. The zero-order chi connectivity index (χ0) is 9.12. The molecule has 0 saturated heterocycles. The van der Waals surface area contributed by atoms with Gasteiger partial charge in [0.15, 0.2) is 0 Å². The molecule has 68 valence electrons. The Hall–Kier alpha value is 0.200. The lowest BCUT2D eigenvalue weighted by Crippen LogP contribution is -2.31. The second-order valence-corrected chi connectivity index (χ2v) is 5.65. The van der Waals surface area contributed by atoms with Gasteiger partial charge in [0.1, 0.15) is 0 Å². The van der Waals surface area contributed by atoms with E-state index in [0.717, 1.165) is 0 Å². The SMILES string of the molecule is CCOC(C)(C)CS(=O)(=O)Cl. The van der Waals surface area contributed by atoms with Gasteiger partial charge in [-0.15, -0.1) is 0 Å². The van der Waals surface area contributed by atoms with Crippen molar-refractivity contribution in [2.45, 2.75) is 26.4 Å². The van der Waals surface area contributed by atoms with Crippen molar-refractivity contribution in [3.05, 3.63) is 0 Å². The van der Waals surface area contributed by atoms with Crippen LogP contribution in [0.3, 0.4) is 0 Å². The van der Waals surface area contributed by atoms with Crippen molar-refractivity contribution in [1.82, 2.24) is 0 Å². The van der Waals surface area contributed by atoms with Crippen LogP contribution in [-0.4, -0.2) is 26.4 Å². The van der Waals surface area contributed by atoms with Gasteiger partial charge in [0.25, 0.3) is 0 Å². The lowest BCUT2D eigenvalue weighted by molar-refractivity contribution is 0.00825. The van der Waals surface area contributed by atoms with Gasteiger partial charge < -0.3 is 4.74 Å². The van der Waals surface area contributed by atoms with Crippen molar-refractivity contribution in [2.75, 3.05) is 12.4 Å². The molecule has 0 bridgehead atoms. The molecule has 0 radical (unpaired) electrons. The fourth-order valence-electron chi connectivity index (χ4n) is 0.848. The molecule has 0 unspecified atom stereocenters. The zero-order valence-electron chi connectivity index (χ0n) is 6.93. The van der Waals surface area contributed by atoms with Crippen molar-refractivity contribution in [3.8, 4) is 0 Å². The molecule has 0 heterocycles. The number of ether oxygens (including phenoxy) is 1. The smallest absolute Gasteiger partial charge is 0.235 e. The molecule has 3 nitrogen and oxygen atoms in total. The Kier molecular flexibility index (Phi) is 3.80. The molecule has 0 saturated carbocycles. The Morgan fingerprint density at radius 2 is 1.91 bits per heavy atom. The highest BCUT2D eigenvalue weighted by Gasteiger charge is 2.24. The van der Waals surface area contributed by atoms with Crippen molar-refractivity contribution in [2.24, 2.45) is 0 Å². The van der Waals surface area contributed by atoms with E-state index in [0.29, 0.717) is 6.61 Å². The van der Waals surface area contributed by atoms with E-state index in [1.54, 1.807) is 13.8 Å². The van der Waals surface area contributed by atoms with Crippen LogP contribution in [0.2, 0.25) is 0 Å². The molecule has 0 aromatic rings. The average molecular weight is 201 g/mol. The monoisotopic (exact) mass is 200 g/mol. The molecular weight excluding hydrogens is 188 g/mol. The fraction of sp³-hybridized carbons (Fsp3) is 1.00. The number of rotatable bonds is 4. The molecule has 0 aliphatic carbocycles. The third kappa shape index (κ3) is 6.59. The van der Waals surface area contributed by atoms with E-state index in [-0.39, 0.29) is 5.75 Å². The summed E-state index contributed by atoms with van der Waals surface area (Å²) in [5.41, 5.74) is -0.685. The molecule has 0 spiro atoms. The van der Waals surface area contributed by atoms with Gasteiger partial charge >= 0.3 is 0 Å². The van der Waals surface area contributed by atoms with Crippen LogP contribution in [-0.2, 0) is 13.8 Å². The second kappa shape index (κ2) is 3.74. The lowest BCUT2D eigenvalue weighted by Gasteiger charge is -2.22. The van der Waals surface area contributed by atoms with Crippen LogP contribution in [0.4, 0.5) is 0 Å². The summed E-state index contributed by atoms with van der Waals surface area (Å²) in [4.78, 5) is 0. The third-order valence-corrected chi connectivity index (χ3v) is 2.42. The van der Waals surface area contributed by atoms with Gasteiger partial charge in [-0.05, 0) is 20.8 Å². The maximum Gasteiger partial charge on any atom is 0.235 e. The number of hydrogen-bond acceptors (Lipinski definition) is 3. The van der Waals surface area contributed by atoms with E-state index in [2.05, 4.69) is 0 Å². The normalized spacial score (nSPS) is 13.5. The largest absolute Gasteiger partial charge is 0.375 e. The minimum Gasteiger partial charge on any atom is -0.375 e. The highest BCUT2D eigenvalue weighted by Crippen LogP contribution is 2.14. The highest BCUT2D eigenvalue weighted by molar-refractivity contribution is 8.13. The van der Waals surface area contributed by atoms with E-state index in [9.17, 15) is 8.42 Å². The van der Waals surface area contributed by atoms with Gasteiger partial charge in [-0.1, -0.05) is 0 Å². The molecule has 5 heteroatoms. The topological polar surface area (TPSA) is 43.4 Å². The lowest BCUT2D eigenvalue weighted by atomic mass is 10.2. The number of halogens is 1. The Morgan fingerprint density at radius 3 is 2.18 bits per heavy atom. The van der Waals surface area contributed by atoms with Gasteiger partial charge in [0.05, 0.1) is 11.4 Å². The first-order valence-corrected chi connectivity index (χ1v) is 5.81. The molecular formula is C6H13ClO3S. The van der Waals surface area contributed by atoms with Crippen molar-refractivity contribution < 1.29 is 13.2 Å². The summed E-state index contributed by atoms with van der Waals surface area (Å²) in [6.07, 6.45) is 0. The van der Waals surface area contributed by atoms with E-state index < -0.39 is 14.7 Å². The molecule has 0 rings (SSSR count). The molecule has 0 atom stereocenters. The minimum atomic E-state index is -3.46. The van der Waals surface area contributed by atoms with Gasteiger partial charge in [0, 0.05) is 17.3 Å². The van der Waals surface area contributed by atoms with Gasteiger partial charge in [0.2, 0.25) is 9.05 Å². The molecule has 0 aromatic carbocycles. The van der Waals surface area contributed by atoms with Crippen LogP contribution in [0.5, 0.6) is 0 Å². The first kappa shape index (κ1) is 11.2. The predicted molar refractivity (Wildman–Crippen MR) is 45.3 cm³/mol. The van der Waals surface area contributed by atoms with Crippen LogP contribution < -0.4 is 0 Å². The van der Waals surface area contributed by atoms with Crippen LogP contribution in [0.15, 0.2) is 0 Å².